The first kappa shape index (κ1) is 32.0. The number of rotatable bonds is 11. The van der Waals surface area contributed by atoms with Crippen LogP contribution in [0.5, 0.6) is 0 Å². The molecule has 2 aromatic heterocycles. The Morgan fingerprint density at radius 3 is 2.31 bits per heavy atom. The normalized spacial score (nSPS) is 19.8. The van der Waals surface area contributed by atoms with E-state index < -0.39 is 0 Å². The fraction of sp³-hybridized carbons (Fsp3) is 0.697. The second-order valence-electron chi connectivity index (χ2n) is 13.6. The Morgan fingerprint density at radius 1 is 0.976 bits per heavy atom. The maximum Gasteiger partial charge on any atom is 0.227 e. The second-order valence-corrected chi connectivity index (χ2v) is 13.6. The van der Waals surface area contributed by atoms with Crippen LogP contribution in [0.1, 0.15) is 71.2 Å². The summed E-state index contributed by atoms with van der Waals surface area (Å²) < 4.78 is 1.96. The molecule has 4 rings (SSSR count). The van der Waals surface area contributed by atoms with Gasteiger partial charge in [0.1, 0.15) is 0 Å². The number of aryl methyl sites for hydroxylation is 1. The molecule has 2 fully saturated rings. The van der Waals surface area contributed by atoms with Gasteiger partial charge < -0.3 is 19.6 Å². The molecule has 0 bridgehead atoms. The number of anilines is 1. The standard InChI is InChI=1S/C33H53N7O2/c1-7-9-28-10-8-11-29(35-28)24-40-25-30(22-34-40)37-18-20-38(21-19-37)31(41)27-14-12-26(13-15-27)23-39(17-16-36(5)6)32(42)33(2,3)4/h8,10-11,22,25-27H,7,9,12-21,23-24H2,1-6H3/t26-,27-. The van der Waals surface area contributed by atoms with Crippen LogP contribution in [0.3, 0.4) is 0 Å². The predicted octanol–water partition coefficient (Wildman–Crippen LogP) is 4.17. The number of likely N-dealkylation sites (N-methyl/N-ethyl adjacent to an activating group) is 1. The summed E-state index contributed by atoms with van der Waals surface area (Å²) in [5.41, 5.74) is 2.89. The third kappa shape index (κ3) is 8.79. The van der Waals surface area contributed by atoms with E-state index >= 15 is 0 Å². The number of pyridine rings is 1. The Morgan fingerprint density at radius 2 is 1.67 bits per heavy atom. The van der Waals surface area contributed by atoms with E-state index in [0.29, 0.717) is 18.4 Å². The minimum atomic E-state index is -0.377. The Kier molecular flexibility index (Phi) is 11.0. The fourth-order valence-electron chi connectivity index (χ4n) is 6.20. The largest absolute Gasteiger partial charge is 0.365 e. The van der Waals surface area contributed by atoms with Gasteiger partial charge >= 0.3 is 0 Å². The molecule has 1 saturated carbocycles. The molecular formula is C33H53N7O2. The molecule has 2 aromatic rings. The summed E-state index contributed by atoms with van der Waals surface area (Å²) in [7, 11) is 4.10. The minimum Gasteiger partial charge on any atom is -0.365 e. The summed E-state index contributed by atoms with van der Waals surface area (Å²) in [6.07, 6.45) is 10.00. The van der Waals surface area contributed by atoms with E-state index in [9.17, 15) is 9.59 Å². The molecule has 3 heterocycles. The van der Waals surface area contributed by atoms with Gasteiger partial charge in [-0.3, -0.25) is 19.3 Å². The van der Waals surface area contributed by atoms with E-state index in [0.717, 1.165) is 101 Å². The summed E-state index contributed by atoms with van der Waals surface area (Å²) in [6.45, 7) is 14.4. The van der Waals surface area contributed by atoms with Gasteiger partial charge in [-0.15, -0.1) is 0 Å². The number of aromatic nitrogens is 3. The van der Waals surface area contributed by atoms with Crippen LogP contribution in [0.4, 0.5) is 5.69 Å². The summed E-state index contributed by atoms with van der Waals surface area (Å²) >= 11 is 0. The first-order valence-corrected chi connectivity index (χ1v) is 16.0. The Balaban J connectivity index is 1.23. The van der Waals surface area contributed by atoms with E-state index in [1.165, 1.54) is 0 Å². The summed E-state index contributed by atoms with van der Waals surface area (Å²) in [5.74, 6) is 1.13. The van der Waals surface area contributed by atoms with Crippen molar-refractivity contribution < 1.29 is 9.59 Å². The quantitative estimate of drug-likeness (QED) is 0.398. The monoisotopic (exact) mass is 579 g/mol. The topological polar surface area (TPSA) is 77.8 Å². The van der Waals surface area contributed by atoms with Gasteiger partial charge in [0.05, 0.1) is 24.1 Å². The highest BCUT2D eigenvalue weighted by atomic mass is 16.2. The Hall–Kier alpha value is -2.94. The molecule has 1 aliphatic heterocycles. The summed E-state index contributed by atoms with van der Waals surface area (Å²) in [5, 5.41) is 4.59. The summed E-state index contributed by atoms with van der Waals surface area (Å²) in [6, 6.07) is 6.23. The molecule has 9 nitrogen and oxygen atoms in total. The van der Waals surface area contributed by atoms with Crippen LogP contribution in [0.15, 0.2) is 30.6 Å². The minimum absolute atomic E-state index is 0.111. The van der Waals surface area contributed by atoms with Crippen LogP contribution in [-0.4, -0.2) is 101 Å². The maximum absolute atomic E-state index is 13.4. The van der Waals surface area contributed by atoms with Crippen molar-refractivity contribution >= 4 is 17.5 Å². The van der Waals surface area contributed by atoms with Crippen LogP contribution in [0, 0.1) is 17.3 Å². The number of hydrogen-bond donors (Lipinski definition) is 0. The Labute approximate surface area is 253 Å². The highest BCUT2D eigenvalue weighted by Gasteiger charge is 2.34. The van der Waals surface area contributed by atoms with E-state index in [2.05, 4.69) is 70.1 Å². The van der Waals surface area contributed by atoms with Crippen LogP contribution in [-0.2, 0) is 22.6 Å². The summed E-state index contributed by atoms with van der Waals surface area (Å²) in [4.78, 5) is 39.9. The van der Waals surface area contributed by atoms with Crippen molar-refractivity contribution in [1.29, 1.82) is 0 Å². The first-order valence-electron chi connectivity index (χ1n) is 16.0. The van der Waals surface area contributed by atoms with Crippen LogP contribution >= 0.6 is 0 Å². The highest BCUT2D eigenvalue weighted by molar-refractivity contribution is 5.81. The molecule has 0 unspecified atom stereocenters. The van der Waals surface area contributed by atoms with Crippen molar-refractivity contribution in [2.24, 2.45) is 17.3 Å². The molecule has 2 aliphatic rings. The van der Waals surface area contributed by atoms with Gasteiger partial charge in [-0.2, -0.15) is 5.10 Å². The molecule has 232 valence electrons. The van der Waals surface area contributed by atoms with E-state index in [4.69, 9.17) is 4.98 Å². The average molecular weight is 580 g/mol. The number of amides is 2. The third-order valence-electron chi connectivity index (χ3n) is 8.69. The molecule has 9 heteroatoms. The number of piperazine rings is 1. The molecular weight excluding hydrogens is 526 g/mol. The Bertz CT molecular complexity index is 1160. The maximum atomic E-state index is 13.4. The third-order valence-corrected chi connectivity index (χ3v) is 8.69. The van der Waals surface area contributed by atoms with Crippen molar-refractivity contribution in [3.05, 3.63) is 42.0 Å². The van der Waals surface area contributed by atoms with Crippen molar-refractivity contribution in [1.82, 2.24) is 29.5 Å². The zero-order chi connectivity index (χ0) is 30.3. The zero-order valence-electron chi connectivity index (χ0n) is 26.9. The lowest BCUT2D eigenvalue weighted by atomic mass is 9.80. The predicted molar refractivity (Wildman–Crippen MR) is 168 cm³/mol. The van der Waals surface area contributed by atoms with E-state index in [-0.39, 0.29) is 17.2 Å². The molecule has 0 spiro atoms. The molecule has 0 atom stereocenters. The fourth-order valence-corrected chi connectivity index (χ4v) is 6.20. The van der Waals surface area contributed by atoms with Gasteiger partial charge in [0.2, 0.25) is 11.8 Å². The van der Waals surface area contributed by atoms with Gasteiger partial charge in [-0.25, -0.2) is 0 Å². The van der Waals surface area contributed by atoms with Gasteiger partial charge in [-0.05, 0) is 64.3 Å². The molecule has 42 heavy (non-hydrogen) atoms. The molecule has 0 N–H and O–H groups in total. The molecule has 2 amide bonds. The SMILES string of the molecule is CCCc1cccc(Cn2cc(N3CCN(C(=O)[C@H]4CC[C@H](CN(CCN(C)C)C(=O)C(C)(C)C)CC4)CC3)cn2)n1. The zero-order valence-corrected chi connectivity index (χ0v) is 26.9. The highest BCUT2D eigenvalue weighted by Crippen LogP contribution is 2.32. The lowest BCUT2D eigenvalue weighted by molar-refractivity contribution is -0.141. The van der Waals surface area contributed by atoms with Crippen molar-refractivity contribution in [3.63, 3.8) is 0 Å². The van der Waals surface area contributed by atoms with Crippen LogP contribution < -0.4 is 4.90 Å². The van der Waals surface area contributed by atoms with Gasteiger partial charge in [-0.1, -0.05) is 40.2 Å². The number of carbonyl (C=O) groups excluding carboxylic acids is 2. The van der Waals surface area contributed by atoms with Crippen molar-refractivity contribution in [2.75, 3.05) is 64.8 Å². The van der Waals surface area contributed by atoms with E-state index in [1.807, 2.05) is 31.6 Å². The molecule has 0 aromatic carbocycles. The number of hydrogen-bond acceptors (Lipinski definition) is 6. The van der Waals surface area contributed by atoms with Gasteiger partial charge in [0.15, 0.2) is 0 Å². The molecule has 0 radical (unpaired) electrons. The lowest BCUT2D eigenvalue weighted by Gasteiger charge is -2.39. The average Bonchev–Trinajstić information content (AvgIpc) is 3.43. The number of nitrogens with zero attached hydrogens (tertiary/aromatic N) is 7. The van der Waals surface area contributed by atoms with Gasteiger partial charge in [0, 0.05) is 69.0 Å². The van der Waals surface area contributed by atoms with E-state index in [1.54, 1.807) is 0 Å². The lowest BCUT2D eigenvalue weighted by Crippen LogP contribution is -2.51. The van der Waals surface area contributed by atoms with Crippen LogP contribution in [0.2, 0.25) is 0 Å². The number of carbonyl (C=O) groups is 2. The van der Waals surface area contributed by atoms with Crippen molar-refractivity contribution in [2.45, 2.75) is 72.8 Å². The molecule has 1 aliphatic carbocycles. The smallest absolute Gasteiger partial charge is 0.227 e. The van der Waals surface area contributed by atoms with Crippen molar-refractivity contribution in [3.8, 4) is 0 Å². The second kappa shape index (κ2) is 14.5. The van der Waals surface area contributed by atoms with Crippen LogP contribution in [0.25, 0.3) is 0 Å². The first-order chi connectivity index (χ1) is 20.0. The molecule has 1 saturated heterocycles. The van der Waals surface area contributed by atoms with Gasteiger partial charge in [0.25, 0.3) is 0 Å².